The highest BCUT2D eigenvalue weighted by Crippen LogP contribution is 2.31. The quantitative estimate of drug-likeness (QED) is 0.481. The fourth-order valence-electron chi connectivity index (χ4n) is 5.72. The summed E-state index contributed by atoms with van der Waals surface area (Å²) in [5.74, 6) is 1.20. The Morgan fingerprint density at radius 3 is 2.51 bits per heavy atom. The van der Waals surface area contributed by atoms with Crippen molar-refractivity contribution in [1.29, 1.82) is 0 Å². The van der Waals surface area contributed by atoms with Crippen LogP contribution in [-0.2, 0) is 21.2 Å². The molecule has 0 bridgehead atoms. The van der Waals surface area contributed by atoms with Gasteiger partial charge in [-0.25, -0.2) is 8.42 Å². The van der Waals surface area contributed by atoms with Gasteiger partial charge in [-0.2, -0.15) is 0 Å². The van der Waals surface area contributed by atoms with E-state index in [0.29, 0.717) is 29.5 Å². The molecule has 214 valence electrons. The number of aliphatic hydroxyl groups excluding tert-OH is 1. The Bertz CT molecular complexity index is 1200. The van der Waals surface area contributed by atoms with E-state index in [9.17, 15) is 18.3 Å². The largest absolute Gasteiger partial charge is 0.488 e. The molecule has 0 aromatic heterocycles. The average Bonchev–Trinajstić information content (AvgIpc) is 2.96. The van der Waals surface area contributed by atoms with Crippen LogP contribution in [0.3, 0.4) is 0 Å². The van der Waals surface area contributed by atoms with E-state index in [1.165, 1.54) is 44.2 Å². The van der Waals surface area contributed by atoms with E-state index in [-0.39, 0.29) is 41.9 Å². The number of ether oxygens (including phenoxy) is 1. The van der Waals surface area contributed by atoms with Crippen LogP contribution in [0.15, 0.2) is 53.4 Å². The van der Waals surface area contributed by atoms with Crippen molar-refractivity contribution < 1.29 is 23.1 Å². The SMILES string of the molecule is C[C@H]1CN([C@@H](C)CO)C(=O)Cc2cc(NS(=O)(=O)c3ccccc3)ccc2O[C@H]1CN(C)CC1CCCCC1. The average molecular weight is 558 g/mol. The summed E-state index contributed by atoms with van der Waals surface area (Å²) in [4.78, 5) is 17.7. The Morgan fingerprint density at radius 2 is 1.82 bits per heavy atom. The van der Waals surface area contributed by atoms with Crippen molar-refractivity contribution >= 4 is 21.6 Å². The van der Waals surface area contributed by atoms with Gasteiger partial charge in [-0.3, -0.25) is 9.52 Å². The van der Waals surface area contributed by atoms with Crippen molar-refractivity contribution in [2.75, 3.05) is 38.0 Å². The van der Waals surface area contributed by atoms with Gasteiger partial charge < -0.3 is 19.6 Å². The smallest absolute Gasteiger partial charge is 0.261 e. The summed E-state index contributed by atoms with van der Waals surface area (Å²) in [6.45, 7) is 6.03. The Labute approximate surface area is 233 Å². The lowest BCUT2D eigenvalue weighted by Crippen LogP contribution is -2.48. The van der Waals surface area contributed by atoms with Crippen LogP contribution in [0.2, 0.25) is 0 Å². The zero-order chi connectivity index (χ0) is 28.0. The predicted octanol–water partition coefficient (Wildman–Crippen LogP) is 4.15. The monoisotopic (exact) mass is 557 g/mol. The van der Waals surface area contributed by atoms with E-state index in [4.69, 9.17) is 4.74 Å². The maximum absolute atomic E-state index is 13.4. The third kappa shape index (κ3) is 7.74. The van der Waals surface area contributed by atoms with Gasteiger partial charge in [-0.1, -0.05) is 44.4 Å². The minimum atomic E-state index is -3.78. The number of rotatable bonds is 9. The van der Waals surface area contributed by atoms with Crippen molar-refractivity contribution in [1.82, 2.24) is 9.80 Å². The fourth-order valence-corrected chi connectivity index (χ4v) is 6.79. The lowest BCUT2D eigenvalue weighted by atomic mass is 9.89. The van der Waals surface area contributed by atoms with E-state index in [1.807, 2.05) is 6.92 Å². The van der Waals surface area contributed by atoms with E-state index in [0.717, 1.165) is 13.1 Å². The molecule has 0 unspecified atom stereocenters. The normalized spacial score (nSPS) is 21.9. The summed E-state index contributed by atoms with van der Waals surface area (Å²) in [5.41, 5.74) is 0.992. The molecule has 39 heavy (non-hydrogen) atoms. The first-order chi connectivity index (χ1) is 18.7. The number of sulfonamides is 1. The lowest BCUT2D eigenvalue weighted by Gasteiger charge is -2.35. The second-order valence-electron chi connectivity index (χ2n) is 11.4. The number of fused-ring (bicyclic) bond motifs is 1. The van der Waals surface area contributed by atoms with E-state index in [2.05, 4.69) is 23.6 Å². The van der Waals surface area contributed by atoms with Crippen molar-refractivity contribution in [3.63, 3.8) is 0 Å². The number of benzene rings is 2. The fraction of sp³-hybridized carbons (Fsp3) is 0.567. The van der Waals surface area contributed by atoms with Crippen molar-refractivity contribution in [3.05, 3.63) is 54.1 Å². The standard InChI is InChI=1S/C30H43N3O5S/c1-22-18-33(23(2)21-34)30(35)17-25-16-26(31-39(36,37)27-12-8-5-9-13-27)14-15-28(25)38-29(22)20-32(3)19-24-10-6-4-7-11-24/h5,8-9,12-16,22-24,29,31,34H,4,6-7,10-11,17-21H2,1-3H3/t22-,23-,29-/m0/s1. The van der Waals surface area contributed by atoms with Gasteiger partial charge in [0.15, 0.2) is 0 Å². The summed E-state index contributed by atoms with van der Waals surface area (Å²) in [7, 11) is -1.64. The van der Waals surface area contributed by atoms with Crippen molar-refractivity contribution in [2.24, 2.45) is 11.8 Å². The number of hydrogen-bond acceptors (Lipinski definition) is 6. The molecule has 0 radical (unpaired) electrons. The Balaban J connectivity index is 1.60. The first-order valence-corrected chi connectivity index (χ1v) is 15.6. The highest BCUT2D eigenvalue weighted by molar-refractivity contribution is 7.92. The maximum atomic E-state index is 13.4. The minimum Gasteiger partial charge on any atom is -0.488 e. The summed E-state index contributed by atoms with van der Waals surface area (Å²) in [5, 5.41) is 9.88. The molecule has 2 aromatic carbocycles. The molecule has 0 saturated heterocycles. The number of carbonyl (C=O) groups is 1. The molecule has 1 aliphatic carbocycles. The number of hydrogen-bond donors (Lipinski definition) is 2. The summed E-state index contributed by atoms with van der Waals surface area (Å²) in [6.07, 6.45) is 6.35. The highest BCUT2D eigenvalue weighted by Gasteiger charge is 2.31. The van der Waals surface area contributed by atoms with Crippen molar-refractivity contribution in [3.8, 4) is 5.75 Å². The second kappa shape index (κ2) is 13.2. The zero-order valence-corrected chi connectivity index (χ0v) is 24.2. The van der Waals surface area contributed by atoms with E-state index >= 15 is 0 Å². The Morgan fingerprint density at radius 1 is 1.10 bits per heavy atom. The van der Waals surface area contributed by atoms with Crippen LogP contribution in [-0.4, -0.2) is 74.7 Å². The number of aliphatic hydroxyl groups is 1. The third-order valence-corrected chi connectivity index (χ3v) is 9.41. The molecule has 0 spiro atoms. The molecule has 1 amide bonds. The molecule has 1 heterocycles. The Kier molecular flexibility index (Phi) is 9.91. The first kappa shape index (κ1) is 29.4. The number of carbonyl (C=O) groups excluding carboxylic acids is 1. The predicted molar refractivity (Wildman–Crippen MR) is 153 cm³/mol. The first-order valence-electron chi connectivity index (χ1n) is 14.1. The number of nitrogens with zero attached hydrogens (tertiary/aromatic N) is 2. The Hall–Kier alpha value is -2.62. The molecular formula is C30H43N3O5S. The number of nitrogens with one attached hydrogen (secondary N) is 1. The molecular weight excluding hydrogens is 514 g/mol. The van der Waals surface area contributed by atoms with Gasteiger partial charge in [-0.05, 0) is 63.1 Å². The van der Waals surface area contributed by atoms with Crippen LogP contribution < -0.4 is 9.46 Å². The molecule has 1 aliphatic heterocycles. The summed E-state index contributed by atoms with van der Waals surface area (Å²) in [6, 6.07) is 13.0. The molecule has 9 heteroatoms. The van der Waals surface area contributed by atoms with E-state index < -0.39 is 10.0 Å². The van der Waals surface area contributed by atoms with Gasteiger partial charge in [0.1, 0.15) is 11.9 Å². The van der Waals surface area contributed by atoms with Crippen LogP contribution in [0, 0.1) is 11.8 Å². The summed E-state index contributed by atoms with van der Waals surface area (Å²) < 4.78 is 35.1. The van der Waals surface area contributed by atoms with Crippen LogP contribution in [0.5, 0.6) is 5.75 Å². The number of anilines is 1. The maximum Gasteiger partial charge on any atom is 0.261 e. The zero-order valence-electron chi connectivity index (χ0n) is 23.4. The molecule has 3 atom stereocenters. The topological polar surface area (TPSA) is 99.2 Å². The number of amides is 1. The van der Waals surface area contributed by atoms with E-state index in [1.54, 1.807) is 41.3 Å². The van der Waals surface area contributed by atoms with Gasteiger partial charge in [0.25, 0.3) is 10.0 Å². The van der Waals surface area contributed by atoms with Gasteiger partial charge in [0, 0.05) is 36.8 Å². The third-order valence-electron chi connectivity index (χ3n) is 8.01. The minimum absolute atomic E-state index is 0.0268. The van der Waals surface area contributed by atoms with Gasteiger partial charge in [0.05, 0.1) is 24.0 Å². The van der Waals surface area contributed by atoms with Crippen LogP contribution in [0.25, 0.3) is 0 Å². The van der Waals surface area contributed by atoms with Gasteiger partial charge in [-0.15, -0.1) is 0 Å². The summed E-state index contributed by atoms with van der Waals surface area (Å²) >= 11 is 0. The molecule has 4 rings (SSSR count). The molecule has 8 nitrogen and oxygen atoms in total. The van der Waals surface area contributed by atoms with Crippen molar-refractivity contribution in [2.45, 2.75) is 69.4 Å². The molecule has 2 aromatic rings. The molecule has 2 N–H and O–H groups in total. The molecule has 1 fully saturated rings. The van der Waals surface area contributed by atoms with Crippen LogP contribution in [0.4, 0.5) is 5.69 Å². The molecule has 1 saturated carbocycles. The van der Waals surface area contributed by atoms with Crippen LogP contribution >= 0.6 is 0 Å². The van der Waals surface area contributed by atoms with Gasteiger partial charge >= 0.3 is 0 Å². The van der Waals surface area contributed by atoms with Gasteiger partial charge in [0.2, 0.25) is 5.91 Å². The van der Waals surface area contributed by atoms with Crippen LogP contribution in [0.1, 0.15) is 51.5 Å². The number of likely N-dealkylation sites (N-methyl/N-ethyl adjacent to an activating group) is 1. The molecule has 2 aliphatic rings. The lowest BCUT2D eigenvalue weighted by molar-refractivity contribution is -0.134. The highest BCUT2D eigenvalue weighted by atomic mass is 32.2. The second-order valence-corrected chi connectivity index (χ2v) is 13.0.